The first kappa shape index (κ1) is 12.1. The fraction of sp³-hybridized carbons (Fsp3) is 0.462. The number of ether oxygens (including phenoxy) is 1. The van der Waals surface area contributed by atoms with Crippen LogP contribution in [0.4, 0.5) is 0 Å². The second-order valence-corrected chi connectivity index (χ2v) is 4.35. The molecule has 1 aliphatic heterocycles. The molecular formula is C13H18N2O2. The number of carbonyl (C=O) groups excluding carboxylic acids is 1. The van der Waals surface area contributed by atoms with E-state index >= 15 is 0 Å². The molecule has 0 radical (unpaired) electrons. The number of hydrogen-bond donors (Lipinski definition) is 1. The Bertz CT molecular complexity index is 380. The molecule has 2 N–H and O–H groups in total. The lowest BCUT2D eigenvalue weighted by Crippen LogP contribution is -2.47. The first-order valence-corrected chi connectivity index (χ1v) is 5.89. The summed E-state index contributed by atoms with van der Waals surface area (Å²) in [4.78, 5) is 14.0. The molecule has 4 heteroatoms. The highest BCUT2D eigenvalue weighted by Gasteiger charge is 2.26. The summed E-state index contributed by atoms with van der Waals surface area (Å²) >= 11 is 0. The number of nitrogens with two attached hydrogens (primary N) is 1. The molecule has 0 spiro atoms. The zero-order valence-corrected chi connectivity index (χ0v) is 10.0. The van der Waals surface area contributed by atoms with Gasteiger partial charge in [-0.25, -0.2) is 0 Å². The summed E-state index contributed by atoms with van der Waals surface area (Å²) in [6.45, 7) is 3.81. The zero-order chi connectivity index (χ0) is 12.3. The molecule has 1 aromatic carbocycles. The average molecular weight is 234 g/mol. The van der Waals surface area contributed by atoms with Crippen molar-refractivity contribution >= 4 is 5.91 Å². The van der Waals surface area contributed by atoms with Crippen molar-refractivity contribution in [3.05, 3.63) is 35.9 Å². The summed E-state index contributed by atoms with van der Waals surface area (Å²) < 4.78 is 5.41. The van der Waals surface area contributed by atoms with E-state index in [1.54, 1.807) is 4.90 Å². The van der Waals surface area contributed by atoms with Gasteiger partial charge in [-0.1, -0.05) is 30.3 Å². The molecule has 1 amide bonds. The minimum Gasteiger partial charge on any atom is -0.375 e. The molecule has 0 saturated carbocycles. The van der Waals surface area contributed by atoms with Gasteiger partial charge in [-0.05, 0) is 12.5 Å². The largest absolute Gasteiger partial charge is 0.375 e. The maximum absolute atomic E-state index is 12.2. The Balaban J connectivity index is 2.04. The van der Waals surface area contributed by atoms with Gasteiger partial charge in [-0.2, -0.15) is 0 Å². The van der Waals surface area contributed by atoms with Crippen LogP contribution in [0.25, 0.3) is 0 Å². The minimum absolute atomic E-state index is 0.0219. The van der Waals surface area contributed by atoms with Crippen molar-refractivity contribution in [1.29, 1.82) is 0 Å². The van der Waals surface area contributed by atoms with Crippen molar-refractivity contribution < 1.29 is 9.53 Å². The third-order valence-electron chi connectivity index (χ3n) is 2.98. The first-order valence-electron chi connectivity index (χ1n) is 5.89. The zero-order valence-electron chi connectivity index (χ0n) is 10.0. The number of hydrogen-bond acceptors (Lipinski definition) is 3. The molecule has 2 atom stereocenters. The summed E-state index contributed by atoms with van der Waals surface area (Å²) in [7, 11) is 0. The molecule has 1 aromatic rings. The van der Waals surface area contributed by atoms with Crippen molar-refractivity contribution in [3.63, 3.8) is 0 Å². The normalized spacial score (nSPS) is 22.2. The third kappa shape index (κ3) is 2.84. The van der Waals surface area contributed by atoms with Gasteiger partial charge in [-0.15, -0.1) is 0 Å². The molecule has 2 rings (SSSR count). The lowest BCUT2D eigenvalue weighted by molar-refractivity contribution is -0.139. The highest BCUT2D eigenvalue weighted by molar-refractivity contribution is 5.83. The fourth-order valence-electron chi connectivity index (χ4n) is 2.02. The third-order valence-corrected chi connectivity index (χ3v) is 2.98. The van der Waals surface area contributed by atoms with E-state index in [1.807, 2.05) is 37.3 Å². The standard InChI is InChI=1S/C13H18N2O2/c1-10-9-15(7-8-17-10)13(16)12(14)11-5-3-2-4-6-11/h2-6,10,12H,7-9,14H2,1H3/t10?,12-/m1/s1. The number of morpholine rings is 1. The second kappa shape index (κ2) is 5.29. The molecule has 92 valence electrons. The van der Waals surface area contributed by atoms with Crippen molar-refractivity contribution in [2.75, 3.05) is 19.7 Å². The van der Waals surface area contributed by atoms with Crippen LogP contribution >= 0.6 is 0 Å². The average Bonchev–Trinajstić information content (AvgIpc) is 2.38. The predicted molar refractivity (Wildman–Crippen MR) is 65.4 cm³/mol. The van der Waals surface area contributed by atoms with Gasteiger partial charge in [0.1, 0.15) is 6.04 Å². The van der Waals surface area contributed by atoms with Crippen LogP contribution < -0.4 is 5.73 Å². The maximum atomic E-state index is 12.2. The number of amides is 1. The monoisotopic (exact) mass is 234 g/mol. The fourth-order valence-corrected chi connectivity index (χ4v) is 2.02. The van der Waals surface area contributed by atoms with Crippen LogP contribution in [0.3, 0.4) is 0 Å². The molecule has 1 fully saturated rings. The van der Waals surface area contributed by atoms with Gasteiger partial charge in [0.05, 0.1) is 12.7 Å². The van der Waals surface area contributed by atoms with E-state index in [4.69, 9.17) is 10.5 Å². The van der Waals surface area contributed by atoms with Crippen molar-refractivity contribution in [2.24, 2.45) is 5.73 Å². The maximum Gasteiger partial charge on any atom is 0.244 e. The van der Waals surface area contributed by atoms with E-state index in [1.165, 1.54) is 0 Å². The summed E-state index contributed by atoms with van der Waals surface area (Å²) in [6, 6.07) is 8.90. The Kier molecular flexibility index (Phi) is 3.76. The highest BCUT2D eigenvalue weighted by Crippen LogP contribution is 2.15. The lowest BCUT2D eigenvalue weighted by atomic mass is 10.1. The van der Waals surface area contributed by atoms with Crippen molar-refractivity contribution in [1.82, 2.24) is 4.90 Å². The Morgan fingerprint density at radius 3 is 2.82 bits per heavy atom. The minimum atomic E-state index is -0.568. The number of nitrogens with zero attached hydrogens (tertiary/aromatic N) is 1. The quantitative estimate of drug-likeness (QED) is 0.828. The Labute approximate surface area is 101 Å². The van der Waals surface area contributed by atoms with E-state index in [-0.39, 0.29) is 12.0 Å². The van der Waals surface area contributed by atoms with Gasteiger partial charge in [0, 0.05) is 13.1 Å². The van der Waals surface area contributed by atoms with Crippen LogP contribution in [0, 0.1) is 0 Å². The van der Waals surface area contributed by atoms with E-state index in [2.05, 4.69) is 0 Å². The van der Waals surface area contributed by atoms with Crippen LogP contribution in [0.15, 0.2) is 30.3 Å². The van der Waals surface area contributed by atoms with Crippen LogP contribution in [0.5, 0.6) is 0 Å². The van der Waals surface area contributed by atoms with Crippen molar-refractivity contribution in [3.8, 4) is 0 Å². The molecule has 17 heavy (non-hydrogen) atoms. The van der Waals surface area contributed by atoms with Crippen LogP contribution in [-0.2, 0) is 9.53 Å². The molecular weight excluding hydrogens is 216 g/mol. The van der Waals surface area contributed by atoms with E-state index in [9.17, 15) is 4.79 Å². The molecule has 1 saturated heterocycles. The molecule has 0 aliphatic carbocycles. The summed E-state index contributed by atoms with van der Waals surface area (Å²) in [5.74, 6) is -0.0219. The molecule has 4 nitrogen and oxygen atoms in total. The van der Waals surface area contributed by atoms with Crippen LogP contribution in [0.2, 0.25) is 0 Å². The number of rotatable bonds is 2. The summed E-state index contributed by atoms with van der Waals surface area (Å²) in [5, 5.41) is 0. The van der Waals surface area contributed by atoms with Gasteiger partial charge >= 0.3 is 0 Å². The van der Waals surface area contributed by atoms with Crippen LogP contribution in [-0.4, -0.2) is 36.6 Å². The second-order valence-electron chi connectivity index (χ2n) is 4.35. The molecule has 0 aromatic heterocycles. The van der Waals surface area contributed by atoms with E-state index in [0.29, 0.717) is 19.7 Å². The van der Waals surface area contributed by atoms with Crippen molar-refractivity contribution in [2.45, 2.75) is 19.1 Å². The topological polar surface area (TPSA) is 55.6 Å². The predicted octanol–water partition coefficient (Wildman–Crippen LogP) is 0.934. The van der Waals surface area contributed by atoms with Gasteiger partial charge in [0.15, 0.2) is 0 Å². The highest BCUT2D eigenvalue weighted by atomic mass is 16.5. The Hall–Kier alpha value is -1.39. The lowest BCUT2D eigenvalue weighted by Gasteiger charge is -2.32. The van der Waals surface area contributed by atoms with Gasteiger partial charge in [0.25, 0.3) is 0 Å². The summed E-state index contributed by atoms with van der Waals surface area (Å²) in [6.07, 6.45) is 0.0932. The smallest absolute Gasteiger partial charge is 0.244 e. The summed E-state index contributed by atoms with van der Waals surface area (Å²) in [5.41, 5.74) is 6.84. The van der Waals surface area contributed by atoms with Gasteiger partial charge in [0.2, 0.25) is 5.91 Å². The molecule has 0 bridgehead atoms. The van der Waals surface area contributed by atoms with E-state index < -0.39 is 6.04 Å². The molecule has 1 unspecified atom stereocenters. The number of carbonyl (C=O) groups is 1. The van der Waals surface area contributed by atoms with E-state index in [0.717, 1.165) is 5.56 Å². The first-order chi connectivity index (χ1) is 8.18. The Morgan fingerprint density at radius 2 is 2.18 bits per heavy atom. The van der Waals surface area contributed by atoms with Crippen LogP contribution in [0.1, 0.15) is 18.5 Å². The SMILES string of the molecule is CC1CN(C(=O)[C@H](N)c2ccccc2)CCO1. The molecule has 1 aliphatic rings. The van der Waals surface area contributed by atoms with Gasteiger partial charge in [-0.3, -0.25) is 4.79 Å². The van der Waals surface area contributed by atoms with Gasteiger partial charge < -0.3 is 15.4 Å². The Morgan fingerprint density at radius 1 is 1.47 bits per heavy atom. The number of benzene rings is 1. The molecule has 1 heterocycles.